The van der Waals surface area contributed by atoms with E-state index in [-0.39, 0.29) is 0 Å². The van der Waals surface area contributed by atoms with Gasteiger partial charge in [-0.15, -0.1) is 0 Å². The first-order valence-electron chi connectivity index (χ1n) is 6.72. The lowest BCUT2D eigenvalue weighted by Gasteiger charge is -2.11. The van der Waals surface area contributed by atoms with Gasteiger partial charge in [-0.25, -0.2) is 9.97 Å². The number of nitrogens with one attached hydrogen (secondary N) is 2. The van der Waals surface area contributed by atoms with Crippen molar-refractivity contribution >= 4 is 11.6 Å². The van der Waals surface area contributed by atoms with Gasteiger partial charge in [0.25, 0.3) is 0 Å². The minimum absolute atomic E-state index is 0.428. The molecule has 0 aliphatic heterocycles. The Morgan fingerprint density at radius 1 is 1.11 bits per heavy atom. The summed E-state index contributed by atoms with van der Waals surface area (Å²) in [5.74, 6) is 2.30. The van der Waals surface area contributed by atoms with Gasteiger partial charge in [-0.2, -0.15) is 0 Å². The van der Waals surface area contributed by atoms with Gasteiger partial charge in [0.05, 0.1) is 6.61 Å². The summed E-state index contributed by atoms with van der Waals surface area (Å²) in [5.41, 5.74) is 0. The van der Waals surface area contributed by atoms with E-state index in [1.807, 2.05) is 13.0 Å². The van der Waals surface area contributed by atoms with Gasteiger partial charge in [0.1, 0.15) is 18.2 Å². The molecule has 1 heterocycles. The zero-order chi connectivity index (χ0) is 13.9. The van der Waals surface area contributed by atoms with E-state index in [1.165, 1.54) is 0 Å². The predicted octanol–water partition coefficient (Wildman–Crippen LogP) is 1.89. The molecule has 0 unspecified atom stereocenters. The summed E-state index contributed by atoms with van der Waals surface area (Å²) in [7, 11) is 1.68. The lowest BCUT2D eigenvalue weighted by Crippen LogP contribution is -2.12. The Morgan fingerprint density at radius 2 is 1.79 bits per heavy atom. The molecule has 0 saturated carbocycles. The molecule has 108 valence electrons. The fourth-order valence-electron chi connectivity index (χ4n) is 1.47. The SMILES string of the molecule is CCCNc1cc(NCCOC)nc(COCC)n1. The maximum absolute atomic E-state index is 5.35. The van der Waals surface area contributed by atoms with Gasteiger partial charge >= 0.3 is 0 Å². The molecule has 0 saturated heterocycles. The molecule has 0 aliphatic carbocycles. The van der Waals surface area contributed by atoms with Crippen LogP contribution in [-0.4, -0.2) is 43.4 Å². The Balaban J connectivity index is 2.70. The number of methoxy groups -OCH3 is 1. The molecule has 1 rings (SSSR count). The van der Waals surface area contributed by atoms with Crippen LogP contribution in [0.3, 0.4) is 0 Å². The maximum atomic E-state index is 5.35. The zero-order valence-corrected chi connectivity index (χ0v) is 12.0. The molecule has 2 N–H and O–H groups in total. The van der Waals surface area contributed by atoms with E-state index in [4.69, 9.17) is 9.47 Å². The van der Waals surface area contributed by atoms with E-state index in [9.17, 15) is 0 Å². The molecule has 0 radical (unpaired) electrons. The highest BCUT2D eigenvalue weighted by atomic mass is 16.5. The zero-order valence-electron chi connectivity index (χ0n) is 12.0. The second-order valence-corrected chi connectivity index (χ2v) is 4.04. The van der Waals surface area contributed by atoms with Gasteiger partial charge in [-0.3, -0.25) is 0 Å². The van der Waals surface area contributed by atoms with E-state index in [0.717, 1.165) is 31.1 Å². The van der Waals surface area contributed by atoms with Gasteiger partial charge in [0.15, 0.2) is 5.82 Å². The molecular formula is C13H24N4O2. The summed E-state index contributed by atoms with van der Waals surface area (Å²) in [6.07, 6.45) is 1.05. The van der Waals surface area contributed by atoms with Crippen LogP contribution in [0.1, 0.15) is 26.1 Å². The first-order valence-corrected chi connectivity index (χ1v) is 6.72. The fourth-order valence-corrected chi connectivity index (χ4v) is 1.47. The van der Waals surface area contributed by atoms with E-state index in [2.05, 4.69) is 27.5 Å². The highest BCUT2D eigenvalue weighted by Crippen LogP contribution is 2.12. The van der Waals surface area contributed by atoms with E-state index >= 15 is 0 Å². The van der Waals surface area contributed by atoms with Crippen molar-refractivity contribution in [1.29, 1.82) is 0 Å². The molecule has 19 heavy (non-hydrogen) atoms. The summed E-state index contributed by atoms with van der Waals surface area (Å²) >= 11 is 0. The van der Waals surface area contributed by atoms with Crippen LogP contribution in [0.5, 0.6) is 0 Å². The molecule has 0 spiro atoms. The summed E-state index contributed by atoms with van der Waals surface area (Å²) in [4.78, 5) is 8.83. The second kappa shape index (κ2) is 9.52. The van der Waals surface area contributed by atoms with E-state index in [0.29, 0.717) is 25.6 Å². The molecule has 1 aromatic rings. The standard InChI is InChI=1S/C13H24N4O2/c1-4-6-14-11-9-12(15-7-8-18-3)17-13(16-11)10-19-5-2/h9H,4-8,10H2,1-3H3,(H2,14,15,16,17). The van der Waals surface area contributed by atoms with Crippen LogP contribution in [-0.2, 0) is 16.1 Å². The van der Waals surface area contributed by atoms with Crippen LogP contribution < -0.4 is 10.6 Å². The maximum Gasteiger partial charge on any atom is 0.158 e. The molecule has 6 nitrogen and oxygen atoms in total. The molecule has 0 atom stereocenters. The molecule has 6 heteroatoms. The number of rotatable bonds is 10. The minimum Gasteiger partial charge on any atom is -0.383 e. The minimum atomic E-state index is 0.428. The monoisotopic (exact) mass is 268 g/mol. The Morgan fingerprint density at radius 3 is 2.37 bits per heavy atom. The lowest BCUT2D eigenvalue weighted by atomic mass is 10.4. The third-order valence-electron chi connectivity index (χ3n) is 2.38. The molecule has 0 bridgehead atoms. The van der Waals surface area contributed by atoms with Crippen LogP contribution in [0.4, 0.5) is 11.6 Å². The van der Waals surface area contributed by atoms with Gasteiger partial charge in [0, 0.05) is 32.9 Å². The van der Waals surface area contributed by atoms with Crippen LogP contribution in [0.2, 0.25) is 0 Å². The molecule has 0 aromatic carbocycles. The fraction of sp³-hybridized carbons (Fsp3) is 0.692. The number of hydrogen-bond acceptors (Lipinski definition) is 6. The largest absolute Gasteiger partial charge is 0.383 e. The van der Waals surface area contributed by atoms with Crippen LogP contribution in [0.15, 0.2) is 6.07 Å². The first kappa shape index (κ1) is 15.7. The molecule has 0 fully saturated rings. The van der Waals surface area contributed by atoms with Gasteiger partial charge in [-0.05, 0) is 13.3 Å². The number of anilines is 2. The van der Waals surface area contributed by atoms with Crippen molar-refractivity contribution in [2.75, 3.05) is 44.0 Å². The molecule has 0 aliphatic rings. The van der Waals surface area contributed by atoms with Crippen molar-refractivity contribution < 1.29 is 9.47 Å². The van der Waals surface area contributed by atoms with Crippen molar-refractivity contribution in [2.45, 2.75) is 26.9 Å². The van der Waals surface area contributed by atoms with Gasteiger partial charge < -0.3 is 20.1 Å². The second-order valence-electron chi connectivity index (χ2n) is 4.04. The van der Waals surface area contributed by atoms with E-state index < -0.39 is 0 Å². The first-order chi connectivity index (χ1) is 9.30. The van der Waals surface area contributed by atoms with Gasteiger partial charge in [0.2, 0.25) is 0 Å². The van der Waals surface area contributed by atoms with Crippen LogP contribution >= 0.6 is 0 Å². The third-order valence-corrected chi connectivity index (χ3v) is 2.38. The van der Waals surface area contributed by atoms with Gasteiger partial charge in [-0.1, -0.05) is 6.92 Å². The average Bonchev–Trinajstić information content (AvgIpc) is 2.43. The normalized spacial score (nSPS) is 10.5. The summed E-state index contributed by atoms with van der Waals surface area (Å²) in [6.45, 7) is 7.41. The van der Waals surface area contributed by atoms with Crippen molar-refractivity contribution in [2.24, 2.45) is 0 Å². The van der Waals surface area contributed by atoms with Crippen molar-refractivity contribution in [3.05, 3.63) is 11.9 Å². The van der Waals surface area contributed by atoms with Crippen LogP contribution in [0, 0.1) is 0 Å². The summed E-state index contributed by atoms with van der Waals surface area (Å²) < 4.78 is 10.4. The summed E-state index contributed by atoms with van der Waals surface area (Å²) in [5, 5.41) is 6.47. The molecule has 1 aromatic heterocycles. The highest BCUT2D eigenvalue weighted by molar-refractivity contribution is 5.47. The van der Waals surface area contributed by atoms with Crippen molar-refractivity contribution in [3.8, 4) is 0 Å². The van der Waals surface area contributed by atoms with Crippen molar-refractivity contribution in [3.63, 3.8) is 0 Å². The third kappa shape index (κ3) is 6.35. The van der Waals surface area contributed by atoms with E-state index in [1.54, 1.807) is 7.11 Å². The highest BCUT2D eigenvalue weighted by Gasteiger charge is 2.04. The molecular weight excluding hydrogens is 244 g/mol. The smallest absolute Gasteiger partial charge is 0.158 e. The predicted molar refractivity (Wildman–Crippen MR) is 76.5 cm³/mol. The van der Waals surface area contributed by atoms with Crippen molar-refractivity contribution in [1.82, 2.24) is 9.97 Å². The van der Waals surface area contributed by atoms with Crippen LogP contribution in [0.25, 0.3) is 0 Å². The topological polar surface area (TPSA) is 68.3 Å². The number of ether oxygens (including phenoxy) is 2. The Hall–Kier alpha value is -1.40. The average molecular weight is 268 g/mol. The molecule has 0 amide bonds. The Labute approximate surface area is 114 Å². The summed E-state index contributed by atoms with van der Waals surface area (Å²) in [6, 6.07) is 1.90. The quantitative estimate of drug-likeness (QED) is 0.632. The Kier molecular flexibility index (Phi) is 7.84. The lowest BCUT2D eigenvalue weighted by molar-refractivity contribution is 0.128. The number of hydrogen-bond donors (Lipinski definition) is 2. The Bertz CT molecular complexity index is 334. The number of aromatic nitrogens is 2. The number of nitrogens with zero attached hydrogens (tertiary/aromatic N) is 2.